The van der Waals surface area contributed by atoms with Crippen molar-refractivity contribution < 1.29 is 4.79 Å². The fourth-order valence-corrected chi connectivity index (χ4v) is 3.75. The summed E-state index contributed by atoms with van der Waals surface area (Å²) in [6.07, 6.45) is 4.80. The first-order chi connectivity index (χ1) is 9.69. The van der Waals surface area contributed by atoms with Crippen LogP contribution in [-0.4, -0.2) is 37.0 Å². The highest BCUT2D eigenvalue weighted by molar-refractivity contribution is 6.30. The molecule has 1 spiro atoms. The molecule has 3 rings (SSSR count). The van der Waals surface area contributed by atoms with Gasteiger partial charge >= 0.3 is 0 Å². The fraction of sp³-hybridized carbons (Fsp3) is 0.562. The number of nitrogens with zero attached hydrogens (tertiary/aromatic N) is 1. The molecule has 2 aliphatic heterocycles. The second-order valence-electron chi connectivity index (χ2n) is 6.12. The van der Waals surface area contributed by atoms with Crippen LogP contribution >= 0.6 is 11.6 Å². The average molecular weight is 293 g/mol. The Morgan fingerprint density at radius 3 is 2.90 bits per heavy atom. The smallest absolute Gasteiger partial charge is 0.253 e. The van der Waals surface area contributed by atoms with Crippen LogP contribution in [0.3, 0.4) is 0 Å². The van der Waals surface area contributed by atoms with Crippen LogP contribution < -0.4 is 5.32 Å². The van der Waals surface area contributed by atoms with Crippen molar-refractivity contribution in [1.29, 1.82) is 0 Å². The Morgan fingerprint density at radius 1 is 1.30 bits per heavy atom. The van der Waals surface area contributed by atoms with E-state index in [-0.39, 0.29) is 5.91 Å². The lowest BCUT2D eigenvalue weighted by atomic mass is 9.74. The summed E-state index contributed by atoms with van der Waals surface area (Å²) in [5, 5.41) is 4.12. The summed E-state index contributed by atoms with van der Waals surface area (Å²) >= 11 is 5.99. The first kappa shape index (κ1) is 13.9. The van der Waals surface area contributed by atoms with Crippen LogP contribution in [-0.2, 0) is 0 Å². The average Bonchev–Trinajstić information content (AvgIpc) is 2.47. The molecule has 0 unspecified atom stereocenters. The van der Waals surface area contributed by atoms with E-state index in [1.165, 1.54) is 19.3 Å². The topological polar surface area (TPSA) is 32.3 Å². The van der Waals surface area contributed by atoms with E-state index in [1.807, 2.05) is 17.0 Å². The van der Waals surface area contributed by atoms with Crippen molar-refractivity contribution in [3.63, 3.8) is 0 Å². The van der Waals surface area contributed by atoms with Gasteiger partial charge in [0, 0.05) is 35.6 Å². The van der Waals surface area contributed by atoms with Crippen LogP contribution in [0.1, 0.15) is 36.0 Å². The minimum Gasteiger partial charge on any atom is -0.338 e. The molecule has 1 aromatic rings. The van der Waals surface area contributed by atoms with E-state index in [4.69, 9.17) is 11.6 Å². The van der Waals surface area contributed by atoms with Crippen molar-refractivity contribution in [2.45, 2.75) is 25.7 Å². The molecule has 0 saturated carbocycles. The van der Waals surface area contributed by atoms with Crippen molar-refractivity contribution in [3.05, 3.63) is 34.9 Å². The van der Waals surface area contributed by atoms with Gasteiger partial charge in [-0.3, -0.25) is 4.79 Å². The van der Waals surface area contributed by atoms with Gasteiger partial charge in [-0.25, -0.2) is 0 Å². The molecular weight excluding hydrogens is 272 g/mol. The van der Waals surface area contributed by atoms with Gasteiger partial charge in [-0.2, -0.15) is 0 Å². The Labute approximate surface area is 125 Å². The van der Waals surface area contributed by atoms with E-state index < -0.39 is 0 Å². The van der Waals surface area contributed by atoms with E-state index in [9.17, 15) is 4.79 Å². The van der Waals surface area contributed by atoms with Gasteiger partial charge in [0.1, 0.15) is 0 Å². The third-order valence-corrected chi connectivity index (χ3v) is 4.82. The molecule has 108 valence electrons. The third kappa shape index (κ3) is 2.84. The van der Waals surface area contributed by atoms with Crippen LogP contribution in [0.15, 0.2) is 24.3 Å². The molecule has 0 bridgehead atoms. The highest BCUT2D eigenvalue weighted by Gasteiger charge is 2.38. The first-order valence-corrected chi connectivity index (χ1v) is 7.82. The molecule has 0 aliphatic carbocycles. The second-order valence-corrected chi connectivity index (χ2v) is 6.56. The number of benzene rings is 1. The van der Waals surface area contributed by atoms with Crippen LogP contribution in [0.2, 0.25) is 5.02 Å². The zero-order valence-corrected chi connectivity index (χ0v) is 12.5. The van der Waals surface area contributed by atoms with E-state index >= 15 is 0 Å². The minimum absolute atomic E-state index is 0.122. The van der Waals surface area contributed by atoms with E-state index in [2.05, 4.69) is 5.32 Å². The summed E-state index contributed by atoms with van der Waals surface area (Å²) in [5.41, 5.74) is 1.00. The fourth-order valence-electron chi connectivity index (χ4n) is 3.56. The largest absolute Gasteiger partial charge is 0.338 e. The molecule has 0 aromatic heterocycles. The lowest BCUT2D eigenvalue weighted by Gasteiger charge is -2.45. The maximum absolute atomic E-state index is 12.6. The Kier molecular flexibility index (Phi) is 3.99. The predicted octanol–water partition coefficient (Wildman–Crippen LogP) is 2.95. The summed E-state index contributed by atoms with van der Waals surface area (Å²) in [5.74, 6) is 0.122. The van der Waals surface area contributed by atoms with Crippen LogP contribution in [0.25, 0.3) is 0 Å². The molecule has 20 heavy (non-hydrogen) atoms. The Bertz CT molecular complexity index is 491. The molecule has 2 aliphatic rings. The molecular formula is C16H21ClN2O. The monoisotopic (exact) mass is 292 g/mol. The molecule has 3 nitrogen and oxygen atoms in total. The quantitative estimate of drug-likeness (QED) is 0.863. The first-order valence-electron chi connectivity index (χ1n) is 7.44. The summed E-state index contributed by atoms with van der Waals surface area (Å²) in [4.78, 5) is 14.6. The minimum atomic E-state index is 0.122. The lowest BCUT2D eigenvalue weighted by Crippen LogP contribution is -2.52. The number of hydrogen-bond donors (Lipinski definition) is 1. The van der Waals surface area contributed by atoms with Gasteiger partial charge in [0.15, 0.2) is 0 Å². The highest BCUT2D eigenvalue weighted by Crippen LogP contribution is 2.36. The van der Waals surface area contributed by atoms with E-state index in [0.29, 0.717) is 16.0 Å². The summed E-state index contributed by atoms with van der Waals surface area (Å²) in [6.45, 7) is 3.91. The molecule has 1 amide bonds. The van der Waals surface area contributed by atoms with E-state index in [0.717, 1.165) is 32.6 Å². The Balaban J connectivity index is 1.74. The zero-order valence-electron chi connectivity index (χ0n) is 11.7. The van der Waals surface area contributed by atoms with E-state index in [1.54, 1.807) is 12.1 Å². The van der Waals surface area contributed by atoms with Gasteiger partial charge in [0.05, 0.1) is 0 Å². The SMILES string of the molecule is O=C(c1cccc(Cl)c1)N1CCC[C@]2(CCCNC2)C1. The van der Waals surface area contributed by atoms with Crippen LogP contribution in [0.4, 0.5) is 0 Å². The molecule has 2 heterocycles. The lowest BCUT2D eigenvalue weighted by molar-refractivity contribution is 0.0434. The standard InChI is InChI=1S/C16H21ClN2O/c17-14-5-1-4-13(10-14)15(20)19-9-3-7-16(12-19)6-2-8-18-11-16/h1,4-5,10,18H,2-3,6-9,11-12H2/t16-/m0/s1. The van der Waals surface area contributed by atoms with Gasteiger partial charge < -0.3 is 10.2 Å². The zero-order chi connectivity index (χ0) is 14.0. The maximum Gasteiger partial charge on any atom is 0.253 e. The molecule has 1 aromatic carbocycles. The molecule has 2 fully saturated rings. The number of halogens is 1. The van der Waals surface area contributed by atoms with Crippen LogP contribution in [0.5, 0.6) is 0 Å². The Morgan fingerprint density at radius 2 is 2.15 bits per heavy atom. The van der Waals surface area contributed by atoms with Crippen molar-refractivity contribution in [1.82, 2.24) is 10.2 Å². The number of carbonyl (C=O) groups excluding carboxylic acids is 1. The number of amides is 1. The molecule has 1 N–H and O–H groups in total. The number of rotatable bonds is 1. The summed E-state index contributed by atoms with van der Waals surface area (Å²) in [6, 6.07) is 7.28. The van der Waals surface area contributed by atoms with Gasteiger partial charge in [-0.05, 0) is 50.4 Å². The van der Waals surface area contributed by atoms with Crippen molar-refractivity contribution in [2.75, 3.05) is 26.2 Å². The highest BCUT2D eigenvalue weighted by atomic mass is 35.5. The Hall–Kier alpha value is -1.06. The molecule has 1 atom stereocenters. The van der Waals surface area contributed by atoms with Gasteiger partial charge in [0.2, 0.25) is 0 Å². The number of piperidine rings is 2. The summed E-state index contributed by atoms with van der Waals surface area (Å²) < 4.78 is 0. The van der Waals surface area contributed by atoms with Gasteiger partial charge in [-0.1, -0.05) is 17.7 Å². The van der Waals surface area contributed by atoms with Crippen molar-refractivity contribution in [2.24, 2.45) is 5.41 Å². The van der Waals surface area contributed by atoms with Crippen molar-refractivity contribution >= 4 is 17.5 Å². The number of carbonyl (C=O) groups is 1. The summed E-state index contributed by atoms with van der Waals surface area (Å²) in [7, 11) is 0. The number of likely N-dealkylation sites (tertiary alicyclic amines) is 1. The predicted molar refractivity (Wildman–Crippen MR) is 81.1 cm³/mol. The molecule has 4 heteroatoms. The molecule has 0 radical (unpaired) electrons. The normalized spacial score (nSPS) is 26.8. The van der Waals surface area contributed by atoms with Crippen LogP contribution in [0, 0.1) is 5.41 Å². The number of hydrogen-bond acceptors (Lipinski definition) is 2. The second kappa shape index (κ2) is 5.74. The number of nitrogens with one attached hydrogen (secondary N) is 1. The molecule has 2 saturated heterocycles. The van der Waals surface area contributed by atoms with Crippen molar-refractivity contribution in [3.8, 4) is 0 Å². The van der Waals surface area contributed by atoms with Gasteiger partial charge in [0.25, 0.3) is 5.91 Å². The van der Waals surface area contributed by atoms with Gasteiger partial charge in [-0.15, -0.1) is 0 Å². The maximum atomic E-state index is 12.6. The third-order valence-electron chi connectivity index (χ3n) is 4.58.